The van der Waals surface area contributed by atoms with Crippen LogP contribution in [-0.4, -0.2) is 46.3 Å². The van der Waals surface area contributed by atoms with E-state index >= 15 is 0 Å². The normalized spacial score (nSPS) is 24.9. The van der Waals surface area contributed by atoms with Crippen LogP contribution in [0.5, 0.6) is 0 Å². The summed E-state index contributed by atoms with van der Waals surface area (Å²) in [5.74, 6) is -1.11. The van der Waals surface area contributed by atoms with Gasteiger partial charge < -0.3 is 15.7 Å². The summed E-state index contributed by atoms with van der Waals surface area (Å²) < 4.78 is 0. The van der Waals surface area contributed by atoms with Crippen molar-refractivity contribution in [2.24, 2.45) is 5.73 Å². The molecule has 0 aromatic rings. The summed E-state index contributed by atoms with van der Waals surface area (Å²) in [4.78, 5) is 23.2. The lowest BCUT2D eigenvalue weighted by atomic mass is 10.3. The van der Waals surface area contributed by atoms with Crippen LogP contribution >= 0.6 is 12.6 Å². The van der Waals surface area contributed by atoms with Crippen molar-refractivity contribution in [2.45, 2.75) is 18.5 Å². The zero-order valence-corrected chi connectivity index (χ0v) is 7.91. The topological polar surface area (TPSA) is 83.6 Å². The molecule has 13 heavy (non-hydrogen) atoms. The predicted molar refractivity (Wildman–Crippen MR) is 49.6 cm³/mol. The Kier molecular flexibility index (Phi) is 3.16. The summed E-state index contributed by atoms with van der Waals surface area (Å²) >= 11 is 3.88. The Balaban J connectivity index is 2.69. The van der Waals surface area contributed by atoms with Crippen LogP contribution in [0, 0.1) is 0 Å². The average Bonchev–Trinajstić information content (AvgIpc) is 2.31. The number of nitrogens with two attached hydrogens (primary N) is 1. The molecule has 3 N–H and O–H groups in total. The quantitative estimate of drug-likeness (QED) is 0.511. The van der Waals surface area contributed by atoms with E-state index in [2.05, 4.69) is 12.6 Å². The predicted octanol–water partition coefficient (Wildman–Crippen LogP) is -1.07. The molecular weight excluding hydrogens is 192 g/mol. The molecule has 0 aliphatic carbocycles. The molecule has 1 saturated heterocycles. The molecule has 0 radical (unpaired) electrons. The fourth-order valence-electron chi connectivity index (χ4n) is 1.37. The van der Waals surface area contributed by atoms with Crippen molar-refractivity contribution in [3.05, 3.63) is 0 Å². The molecule has 1 aliphatic rings. The van der Waals surface area contributed by atoms with E-state index in [4.69, 9.17) is 10.8 Å². The van der Waals surface area contributed by atoms with Crippen LogP contribution in [0.25, 0.3) is 0 Å². The molecule has 0 aromatic heterocycles. The second-order valence-electron chi connectivity index (χ2n) is 3.05. The second-order valence-corrected chi connectivity index (χ2v) is 3.41. The van der Waals surface area contributed by atoms with E-state index in [1.807, 2.05) is 0 Å². The Bertz CT molecular complexity index is 234. The number of likely N-dealkylation sites (tertiary alicyclic amines) is 1. The number of carboxylic acid groups (broad SMARTS) is 1. The van der Waals surface area contributed by atoms with Crippen LogP contribution in [-0.2, 0) is 9.59 Å². The van der Waals surface area contributed by atoms with Crippen molar-refractivity contribution in [3.63, 3.8) is 0 Å². The number of hydrogen-bond acceptors (Lipinski definition) is 4. The minimum absolute atomic E-state index is 0.119. The van der Waals surface area contributed by atoms with Crippen molar-refractivity contribution >= 4 is 24.5 Å². The largest absolute Gasteiger partial charge is 0.480 e. The molecular formula is C7H12N2O3S. The number of rotatable bonds is 3. The summed E-state index contributed by atoms with van der Waals surface area (Å²) in [6, 6.07) is -1.08. The highest BCUT2D eigenvalue weighted by molar-refractivity contribution is 7.80. The Hall–Kier alpha value is -0.750. The van der Waals surface area contributed by atoms with Crippen LogP contribution in [0.1, 0.15) is 6.42 Å². The molecule has 2 atom stereocenters. The third-order valence-corrected chi connectivity index (χ3v) is 2.37. The minimum atomic E-state index is -1.03. The van der Waals surface area contributed by atoms with Gasteiger partial charge in [0.25, 0.3) is 0 Å². The average molecular weight is 204 g/mol. The first-order chi connectivity index (χ1) is 6.06. The van der Waals surface area contributed by atoms with E-state index in [9.17, 15) is 9.59 Å². The Morgan fingerprint density at radius 3 is 2.77 bits per heavy atom. The lowest BCUT2D eigenvalue weighted by Crippen LogP contribution is -2.44. The summed E-state index contributed by atoms with van der Waals surface area (Å²) in [5, 5.41) is 8.75. The maximum Gasteiger partial charge on any atom is 0.327 e. The number of hydrogen-bond donors (Lipinski definition) is 3. The number of amides is 1. The molecule has 1 amide bonds. The minimum Gasteiger partial charge on any atom is -0.480 e. The second kappa shape index (κ2) is 3.97. The van der Waals surface area contributed by atoms with Gasteiger partial charge in [-0.1, -0.05) is 0 Å². The molecule has 0 saturated carbocycles. The van der Waals surface area contributed by atoms with Gasteiger partial charge in [-0.3, -0.25) is 4.79 Å². The number of thiol groups is 1. The van der Waals surface area contributed by atoms with Crippen LogP contribution in [0.15, 0.2) is 0 Å². The van der Waals surface area contributed by atoms with Crippen LogP contribution in [0.4, 0.5) is 0 Å². The van der Waals surface area contributed by atoms with Gasteiger partial charge in [0.1, 0.15) is 6.04 Å². The van der Waals surface area contributed by atoms with Gasteiger partial charge in [0.2, 0.25) is 5.91 Å². The van der Waals surface area contributed by atoms with Gasteiger partial charge >= 0.3 is 5.97 Å². The number of nitrogens with zero attached hydrogens (tertiary/aromatic N) is 1. The van der Waals surface area contributed by atoms with Gasteiger partial charge in [0.15, 0.2) is 0 Å². The fraction of sp³-hybridized carbons (Fsp3) is 0.714. The molecule has 0 bridgehead atoms. The third-order valence-electron chi connectivity index (χ3n) is 2.02. The third kappa shape index (κ3) is 2.13. The first-order valence-corrected chi connectivity index (χ1v) is 4.58. The molecule has 1 fully saturated rings. The lowest BCUT2D eigenvalue weighted by molar-refractivity contribution is -0.147. The van der Waals surface area contributed by atoms with Gasteiger partial charge in [-0.15, -0.1) is 0 Å². The first kappa shape index (κ1) is 10.3. The Morgan fingerprint density at radius 2 is 2.46 bits per heavy atom. The molecule has 74 valence electrons. The maximum absolute atomic E-state index is 11.2. The van der Waals surface area contributed by atoms with Crippen molar-refractivity contribution in [3.8, 4) is 0 Å². The fourth-order valence-corrected chi connectivity index (χ4v) is 1.72. The van der Waals surface area contributed by atoms with E-state index in [1.165, 1.54) is 4.90 Å². The van der Waals surface area contributed by atoms with Crippen LogP contribution in [0.3, 0.4) is 0 Å². The van der Waals surface area contributed by atoms with E-state index in [-0.39, 0.29) is 24.1 Å². The van der Waals surface area contributed by atoms with Gasteiger partial charge in [0, 0.05) is 24.8 Å². The monoisotopic (exact) mass is 204 g/mol. The number of carboxylic acids is 1. The van der Waals surface area contributed by atoms with Crippen LogP contribution < -0.4 is 5.73 Å². The zero-order valence-electron chi connectivity index (χ0n) is 7.01. The highest BCUT2D eigenvalue weighted by Gasteiger charge is 2.35. The van der Waals surface area contributed by atoms with Crippen molar-refractivity contribution in [2.75, 3.05) is 12.3 Å². The van der Waals surface area contributed by atoms with Crippen LogP contribution in [0.2, 0.25) is 0 Å². The summed E-state index contributed by atoms with van der Waals surface area (Å²) in [6.07, 6.45) is 0.234. The number of carbonyl (C=O) groups is 2. The highest BCUT2D eigenvalue weighted by Crippen LogP contribution is 2.14. The molecule has 1 unspecified atom stereocenters. The molecule has 1 aliphatic heterocycles. The van der Waals surface area contributed by atoms with E-state index in [1.54, 1.807) is 0 Å². The van der Waals surface area contributed by atoms with Crippen molar-refractivity contribution in [1.29, 1.82) is 0 Å². The molecule has 0 spiro atoms. The Morgan fingerprint density at radius 1 is 1.85 bits per heavy atom. The van der Waals surface area contributed by atoms with Crippen molar-refractivity contribution < 1.29 is 14.7 Å². The van der Waals surface area contributed by atoms with Gasteiger partial charge in [-0.25, -0.2) is 4.79 Å². The smallest absolute Gasteiger partial charge is 0.327 e. The molecule has 0 aromatic carbocycles. The molecule has 6 heteroatoms. The van der Waals surface area contributed by atoms with Gasteiger partial charge in [-0.05, 0) is 0 Å². The van der Waals surface area contributed by atoms with Crippen molar-refractivity contribution in [1.82, 2.24) is 4.90 Å². The van der Waals surface area contributed by atoms with Gasteiger partial charge in [-0.2, -0.15) is 12.6 Å². The highest BCUT2D eigenvalue weighted by atomic mass is 32.1. The molecule has 1 rings (SSSR count). The number of carbonyl (C=O) groups excluding carboxylic acids is 1. The summed E-state index contributed by atoms with van der Waals surface area (Å²) in [7, 11) is 0. The molecule has 5 nitrogen and oxygen atoms in total. The maximum atomic E-state index is 11.2. The van der Waals surface area contributed by atoms with E-state index < -0.39 is 12.0 Å². The summed E-state index contributed by atoms with van der Waals surface area (Å²) in [5.41, 5.74) is 5.53. The first-order valence-electron chi connectivity index (χ1n) is 3.95. The molecule has 1 heterocycles. The van der Waals surface area contributed by atoms with E-state index in [0.717, 1.165) is 0 Å². The standard InChI is InChI=1S/C7H12N2O3S/c8-4-1-6(10)9(2-4)5(3-13)7(11)12/h4-5,13H,1-3,8H2,(H,11,12)/t4?,5-/m0/s1. The Labute approximate surface area is 81.3 Å². The van der Waals surface area contributed by atoms with E-state index in [0.29, 0.717) is 6.54 Å². The number of aliphatic carboxylic acids is 1. The zero-order chi connectivity index (χ0) is 10.0. The SMILES string of the molecule is NC1CC(=O)N([C@@H](CS)C(=O)O)C1. The lowest BCUT2D eigenvalue weighted by Gasteiger charge is -2.22. The van der Waals surface area contributed by atoms with Gasteiger partial charge in [0.05, 0.1) is 0 Å². The summed E-state index contributed by atoms with van der Waals surface area (Å²) in [6.45, 7) is 0.316.